The highest BCUT2D eigenvalue weighted by Gasteiger charge is 2.22. The lowest BCUT2D eigenvalue weighted by Crippen LogP contribution is -2.31. The summed E-state index contributed by atoms with van der Waals surface area (Å²) >= 11 is 1.78. The van der Waals surface area contributed by atoms with Gasteiger partial charge in [0.25, 0.3) is 0 Å². The van der Waals surface area contributed by atoms with Crippen LogP contribution in [0, 0.1) is 5.92 Å². The summed E-state index contributed by atoms with van der Waals surface area (Å²) in [5.41, 5.74) is 1.40. The van der Waals surface area contributed by atoms with Crippen LogP contribution in [0.3, 0.4) is 0 Å². The van der Waals surface area contributed by atoms with Gasteiger partial charge < -0.3 is 10.6 Å². The molecule has 0 atom stereocenters. The second kappa shape index (κ2) is 5.83. The van der Waals surface area contributed by atoms with E-state index < -0.39 is 0 Å². The highest BCUT2D eigenvalue weighted by molar-refractivity contribution is 7.19. The molecule has 0 bridgehead atoms. The number of nitrogens with zero attached hydrogens (tertiary/aromatic N) is 2. The van der Waals surface area contributed by atoms with Gasteiger partial charge in [-0.05, 0) is 50.0 Å². The smallest absolute Gasteiger partial charge is 0.239 e. The van der Waals surface area contributed by atoms with Gasteiger partial charge in [0.2, 0.25) is 5.91 Å². The Hall–Kier alpha value is -1.69. The third-order valence-electron chi connectivity index (χ3n) is 4.45. The molecule has 2 aromatic heterocycles. The van der Waals surface area contributed by atoms with Crippen molar-refractivity contribution in [1.82, 2.24) is 15.3 Å². The topological polar surface area (TPSA) is 66.9 Å². The molecule has 22 heavy (non-hydrogen) atoms. The van der Waals surface area contributed by atoms with Gasteiger partial charge >= 0.3 is 0 Å². The van der Waals surface area contributed by atoms with Gasteiger partial charge in [0, 0.05) is 11.4 Å². The van der Waals surface area contributed by atoms with Crippen molar-refractivity contribution in [3.8, 4) is 0 Å². The zero-order chi connectivity index (χ0) is 14.9. The quantitative estimate of drug-likeness (QED) is 0.889. The number of carbonyl (C=O) groups is 1. The van der Waals surface area contributed by atoms with Gasteiger partial charge in [0.1, 0.15) is 17.0 Å². The predicted molar refractivity (Wildman–Crippen MR) is 88.3 cm³/mol. The Morgan fingerprint density at radius 3 is 3.00 bits per heavy atom. The molecular formula is C16H20N4OS. The van der Waals surface area contributed by atoms with E-state index in [2.05, 4.69) is 20.6 Å². The molecule has 2 aliphatic carbocycles. The monoisotopic (exact) mass is 316 g/mol. The van der Waals surface area contributed by atoms with E-state index in [0.29, 0.717) is 5.92 Å². The first-order valence-electron chi connectivity index (χ1n) is 8.07. The molecule has 0 unspecified atom stereocenters. The summed E-state index contributed by atoms with van der Waals surface area (Å²) in [6.07, 6.45) is 8.84. The zero-order valence-electron chi connectivity index (χ0n) is 12.5. The predicted octanol–water partition coefficient (Wildman–Crippen LogP) is 2.51. The molecule has 4 rings (SSSR count). The fraction of sp³-hybridized carbons (Fsp3) is 0.562. The van der Waals surface area contributed by atoms with Gasteiger partial charge in [-0.2, -0.15) is 0 Å². The van der Waals surface area contributed by atoms with Crippen LogP contribution in [0.25, 0.3) is 10.2 Å². The summed E-state index contributed by atoms with van der Waals surface area (Å²) in [6, 6.07) is 0. The number of nitrogens with one attached hydrogen (secondary N) is 2. The van der Waals surface area contributed by atoms with Crippen molar-refractivity contribution in [2.75, 3.05) is 18.4 Å². The van der Waals surface area contributed by atoms with Crippen molar-refractivity contribution in [1.29, 1.82) is 0 Å². The molecule has 1 fully saturated rings. The van der Waals surface area contributed by atoms with Crippen LogP contribution < -0.4 is 10.6 Å². The van der Waals surface area contributed by atoms with E-state index in [0.717, 1.165) is 35.4 Å². The maximum atomic E-state index is 11.9. The Morgan fingerprint density at radius 1 is 1.27 bits per heavy atom. The minimum Gasteiger partial charge on any atom is -0.360 e. The summed E-state index contributed by atoms with van der Waals surface area (Å²) in [5.74, 6) is 1.56. The van der Waals surface area contributed by atoms with Crippen molar-refractivity contribution in [3.63, 3.8) is 0 Å². The van der Waals surface area contributed by atoms with Crippen molar-refractivity contribution < 1.29 is 4.79 Å². The van der Waals surface area contributed by atoms with E-state index in [1.807, 2.05) is 0 Å². The normalized spacial score (nSPS) is 17.3. The lowest BCUT2D eigenvalue weighted by atomic mass is 9.97. The van der Waals surface area contributed by atoms with Crippen LogP contribution in [-0.2, 0) is 17.6 Å². The summed E-state index contributed by atoms with van der Waals surface area (Å²) in [4.78, 5) is 23.2. The van der Waals surface area contributed by atoms with E-state index in [9.17, 15) is 4.79 Å². The molecule has 5 nitrogen and oxygen atoms in total. The molecule has 0 saturated heterocycles. The van der Waals surface area contributed by atoms with Crippen LogP contribution in [0.1, 0.15) is 36.1 Å². The molecular weight excluding hydrogens is 296 g/mol. The average Bonchev–Trinajstić information content (AvgIpc) is 3.29. The summed E-state index contributed by atoms with van der Waals surface area (Å²) in [7, 11) is 0. The molecule has 2 aromatic rings. The van der Waals surface area contributed by atoms with E-state index in [-0.39, 0.29) is 12.5 Å². The van der Waals surface area contributed by atoms with Gasteiger partial charge in [-0.25, -0.2) is 9.97 Å². The number of aromatic nitrogens is 2. The van der Waals surface area contributed by atoms with Crippen molar-refractivity contribution >= 4 is 33.3 Å². The van der Waals surface area contributed by atoms with E-state index >= 15 is 0 Å². The fourth-order valence-corrected chi connectivity index (χ4v) is 4.26. The first-order chi connectivity index (χ1) is 10.8. The molecule has 6 heteroatoms. The number of thiophene rings is 1. The molecule has 2 N–H and O–H groups in total. The average molecular weight is 316 g/mol. The molecule has 2 aliphatic rings. The van der Waals surface area contributed by atoms with Crippen molar-refractivity contribution in [2.24, 2.45) is 5.92 Å². The number of amides is 1. The highest BCUT2D eigenvalue weighted by Crippen LogP contribution is 2.38. The van der Waals surface area contributed by atoms with E-state index in [1.165, 1.54) is 36.1 Å². The Labute approximate surface area is 133 Å². The molecule has 0 aromatic carbocycles. The Bertz CT molecular complexity index is 707. The van der Waals surface area contributed by atoms with Gasteiger partial charge in [-0.15, -0.1) is 11.3 Å². The second-order valence-corrected chi connectivity index (χ2v) is 7.30. The molecule has 1 amide bonds. The number of fused-ring (bicyclic) bond motifs is 3. The van der Waals surface area contributed by atoms with Crippen LogP contribution in [0.2, 0.25) is 0 Å². The Morgan fingerprint density at radius 2 is 2.14 bits per heavy atom. The molecule has 116 valence electrons. The standard InChI is InChI=1S/C16H20N4OS/c21-13(17-7-10-5-6-10)8-18-15-14-11-3-1-2-4-12(11)22-16(14)20-9-19-15/h9-10H,1-8H2,(H,17,21)(H,18,19,20). The lowest BCUT2D eigenvalue weighted by Gasteiger charge is -2.12. The first-order valence-corrected chi connectivity index (χ1v) is 8.88. The second-order valence-electron chi connectivity index (χ2n) is 6.21. The first kappa shape index (κ1) is 13.9. The number of anilines is 1. The fourth-order valence-electron chi connectivity index (χ4n) is 3.03. The highest BCUT2D eigenvalue weighted by atomic mass is 32.1. The van der Waals surface area contributed by atoms with E-state index in [4.69, 9.17) is 0 Å². The van der Waals surface area contributed by atoms with E-state index in [1.54, 1.807) is 17.7 Å². The molecule has 2 heterocycles. The summed E-state index contributed by atoms with van der Waals surface area (Å²) in [5, 5.41) is 7.32. The molecule has 0 aliphatic heterocycles. The molecule has 1 saturated carbocycles. The van der Waals surface area contributed by atoms with Crippen molar-refractivity contribution in [3.05, 3.63) is 16.8 Å². The van der Waals surface area contributed by atoms with Gasteiger partial charge in [-0.3, -0.25) is 4.79 Å². The number of carbonyl (C=O) groups excluding carboxylic acids is 1. The van der Waals surface area contributed by atoms with Gasteiger partial charge in [-0.1, -0.05) is 0 Å². The largest absolute Gasteiger partial charge is 0.360 e. The number of rotatable bonds is 5. The summed E-state index contributed by atoms with van der Waals surface area (Å²) in [6.45, 7) is 1.09. The molecule has 0 spiro atoms. The van der Waals surface area contributed by atoms with Crippen molar-refractivity contribution in [2.45, 2.75) is 38.5 Å². The lowest BCUT2D eigenvalue weighted by molar-refractivity contribution is -0.119. The Kier molecular flexibility index (Phi) is 3.70. The Balaban J connectivity index is 1.50. The molecule has 0 radical (unpaired) electrons. The summed E-state index contributed by atoms with van der Waals surface area (Å²) < 4.78 is 0. The van der Waals surface area contributed by atoms with Crippen LogP contribution >= 0.6 is 11.3 Å². The van der Waals surface area contributed by atoms with Crippen LogP contribution in [0.4, 0.5) is 5.82 Å². The maximum Gasteiger partial charge on any atom is 0.239 e. The van der Waals surface area contributed by atoms with Gasteiger partial charge in [0.05, 0.1) is 11.9 Å². The third-order valence-corrected chi connectivity index (χ3v) is 5.65. The zero-order valence-corrected chi connectivity index (χ0v) is 13.3. The van der Waals surface area contributed by atoms with Crippen LogP contribution in [-0.4, -0.2) is 29.0 Å². The minimum atomic E-state index is 0.0442. The minimum absolute atomic E-state index is 0.0442. The number of hydrogen-bond acceptors (Lipinski definition) is 5. The number of hydrogen-bond donors (Lipinski definition) is 2. The SMILES string of the molecule is O=C(CNc1ncnc2sc3c(c12)CCCC3)NCC1CC1. The maximum absolute atomic E-state index is 11.9. The third kappa shape index (κ3) is 2.79. The van der Waals surface area contributed by atoms with Crippen LogP contribution in [0.15, 0.2) is 6.33 Å². The number of aryl methyl sites for hydroxylation is 2. The van der Waals surface area contributed by atoms with Gasteiger partial charge in [0.15, 0.2) is 0 Å². The van der Waals surface area contributed by atoms with Crippen LogP contribution in [0.5, 0.6) is 0 Å².